The van der Waals surface area contributed by atoms with Gasteiger partial charge in [0.25, 0.3) is 0 Å². The van der Waals surface area contributed by atoms with Crippen LogP contribution in [0.4, 0.5) is 0 Å². The molecule has 0 amide bonds. The van der Waals surface area contributed by atoms with E-state index in [2.05, 4.69) is 6.92 Å². The number of rotatable bonds is 6. The minimum absolute atomic E-state index is 0.0326. The number of carboxylic acids is 1. The van der Waals surface area contributed by atoms with E-state index in [9.17, 15) is 9.90 Å². The Bertz CT molecular complexity index is 361. The number of unbranched alkanes of at least 4 members (excludes halogenated alkanes) is 2. The normalized spacial score (nSPS) is 9.50. The van der Waals surface area contributed by atoms with Crippen LogP contribution in [-0.2, 0) is 17.6 Å². The van der Waals surface area contributed by atoms with Crippen LogP contribution in [0.15, 0.2) is 18.2 Å². The van der Waals surface area contributed by atoms with Gasteiger partial charge in [0.2, 0.25) is 0 Å². The highest BCUT2D eigenvalue weighted by Crippen LogP contribution is 2.18. The molecule has 0 unspecified atom stereocenters. The molecule has 0 aromatic heterocycles. The molecule has 1 rings (SSSR count). The number of phenols is 1. The highest BCUT2D eigenvalue weighted by molar-refractivity contribution is 5.70. The Morgan fingerprint density at radius 3 is 2.28 bits per heavy atom. The van der Waals surface area contributed by atoms with Crippen molar-refractivity contribution in [2.24, 2.45) is 0 Å². The van der Waals surface area contributed by atoms with Crippen LogP contribution >= 0.6 is 0 Å². The molecule has 18 heavy (non-hydrogen) atoms. The SMILES string of the molecule is CCCCCc1cc(O)cc(CC(=O)O)c1.CO. The number of aliphatic carboxylic acids is 1. The number of aromatic hydroxyl groups is 1. The first-order valence-corrected chi connectivity index (χ1v) is 6.10. The molecule has 4 heteroatoms. The van der Waals surface area contributed by atoms with E-state index in [4.69, 9.17) is 10.2 Å². The zero-order valence-electron chi connectivity index (χ0n) is 11.0. The van der Waals surface area contributed by atoms with Gasteiger partial charge in [-0.3, -0.25) is 4.79 Å². The van der Waals surface area contributed by atoms with E-state index in [1.54, 1.807) is 6.07 Å². The molecule has 0 saturated carbocycles. The second kappa shape index (κ2) is 9.48. The maximum Gasteiger partial charge on any atom is 0.307 e. The molecule has 0 aliphatic rings. The van der Waals surface area contributed by atoms with Crippen molar-refractivity contribution in [1.82, 2.24) is 0 Å². The third-order valence-corrected chi connectivity index (χ3v) is 2.46. The number of carbonyl (C=O) groups is 1. The van der Waals surface area contributed by atoms with Crippen molar-refractivity contribution in [3.8, 4) is 5.75 Å². The van der Waals surface area contributed by atoms with Gasteiger partial charge in [-0.05, 0) is 36.1 Å². The molecule has 0 aliphatic heterocycles. The summed E-state index contributed by atoms with van der Waals surface area (Å²) in [7, 11) is 1.00. The standard InChI is InChI=1S/C13H18O3.CH4O/c1-2-3-4-5-10-6-11(9-13(15)16)8-12(14)7-10;1-2/h6-8,14H,2-5,9H2,1H3,(H,15,16);2H,1H3. The first-order chi connectivity index (χ1) is 8.61. The average molecular weight is 254 g/mol. The first-order valence-electron chi connectivity index (χ1n) is 6.10. The van der Waals surface area contributed by atoms with Gasteiger partial charge in [0, 0.05) is 7.11 Å². The first kappa shape index (κ1) is 16.4. The molecular weight excluding hydrogens is 232 g/mol. The largest absolute Gasteiger partial charge is 0.508 e. The summed E-state index contributed by atoms with van der Waals surface area (Å²) in [5.74, 6) is -0.713. The molecule has 0 bridgehead atoms. The summed E-state index contributed by atoms with van der Waals surface area (Å²) in [5, 5.41) is 25.2. The van der Waals surface area contributed by atoms with Gasteiger partial charge in [-0.1, -0.05) is 25.8 Å². The van der Waals surface area contributed by atoms with Crippen molar-refractivity contribution >= 4 is 5.97 Å². The molecule has 0 atom stereocenters. The van der Waals surface area contributed by atoms with Crippen LogP contribution in [0, 0.1) is 0 Å². The highest BCUT2D eigenvalue weighted by atomic mass is 16.4. The molecule has 0 aliphatic carbocycles. The molecule has 0 radical (unpaired) electrons. The Kier molecular flexibility index (Phi) is 8.66. The van der Waals surface area contributed by atoms with Crippen molar-refractivity contribution < 1.29 is 20.1 Å². The zero-order valence-corrected chi connectivity index (χ0v) is 11.0. The van der Waals surface area contributed by atoms with E-state index >= 15 is 0 Å². The summed E-state index contributed by atoms with van der Waals surface area (Å²) >= 11 is 0. The van der Waals surface area contributed by atoms with E-state index in [0.29, 0.717) is 5.56 Å². The molecular formula is C14H22O4. The predicted molar refractivity (Wildman–Crippen MR) is 70.8 cm³/mol. The summed E-state index contributed by atoms with van der Waals surface area (Å²) in [6.45, 7) is 2.14. The molecule has 0 heterocycles. The Morgan fingerprint density at radius 1 is 1.11 bits per heavy atom. The van der Waals surface area contributed by atoms with Crippen LogP contribution in [0.25, 0.3) is 0 Å². The molecule has 1 aromatic carbocycles. The third-order valence-electron chi connectivity index (χ3n) is 2.46. The van der Waals surface area contributed by atoms with Crippen molar-refractivity contribution in [2.45, 2.75) is 39.0 Å². The topological polar surface area (TPSA) is 77.8 Å². The number of hydrogen-bond acceptors (Lipinski definition) is 3. The molecule has 0 spiro atoms. The fraction of sp³-hybridized carbons (Fsp3) is 0.500. The van der Waals surface area contributed by atoms with E-state index in [-0.39, 0.29) is 12.2 Å². The number of carboxylic acid groups (broad SMARTS) is 1. The van der Waals surface area contributed by atoms with Crippen LogP contribution in [0.5, 0.6) is 5.75 Å². The molecule has 102 valence electrons. The fourth-order valence-electron chi connectivity index (χ4n) is 1.74. The average Bonchev–Trinajstić information content (AvgIpc) is 2.30. The minimum atomic E-state index is -0.870. The van der Waals surface area contributed by atoms with Crippen molar-refractivity contribution in [2.75, 3.05) is 7.11 Å². The summed E-state index contributed by atoms with van der Waals surface area (Å²) in [6, 6.07) is 5.09. The number of aliphatic hydroxyl groups is 1. The lowest BCUT2D eigenvalue weighted by Gasteiger charge is -2.05. The number of hydrogen-bond donors (Lipinski definition) is 3. The highest BCUT2D eigenvalue weighted by Gasteiger charge is 2.04. The van der Waals surface area contributed by atoms with Gasteiger partial charge >= 0.3 is 5.97 Å². The van der Waals surface area contributed by atoms with Crippen molar-refractivity contribution in [3.05, 3.63) is 29.3 Å². The van der Waals surface area contributed by atoms with Gasteiger partial charge in [0.1, 0.15) is 5.75 Å². The van der Waals surface area contributed by atoms with Gasteiger partial charge in [-0.25, -0.2) is 0 Å². The fourth-order valence-corrected chi connectivity index (χ4v) is 1.74. The third kappa shape index (κ3) is 6.91. The monoisotopic (exact) mass is 254 g/mol. The zero-order chi connectivity index (χ0) is 14.0. The lowest BCUT2D eigenvalue weighted by atomic mass is 10.0. The molecule has 4 nitrogen and oxygen atoms in total. The Labute approximate surface area is 108 Å². The Hall–Kier alpha value is -1.55. The summed E-state index contributed by atoms with van der Waals surface area (Å²) in [5.41, 5.74) is 1.68. The lowest BCUT2D eigenvalue weighted by Crippen LogP contribution is -2.00. The second-order valence-corrected chi connectivity index (χ2v) is 4.04. The number of aryl methyl sites for hydroxylation is 1. The number of benzene rings is 1. The Balaban J connectivity index is 0.00000137. The van der Waals surface area contributed by atoms with Crippen LogP contribution in [0.3, 0.4) is 0 Å². The summed E-state index contributed by atoms with van der Waals surface area (Å²) < 4.78 is 0. The molecule has 0 fully saturated rings. The lowest BCUT2D eigenvalue weighted by molar-refractivity contribution is -0.136. The van der Waals surface area contributed by atoms with Crippen LogP contribution in [0.2, 0.25) is 0 Å². The van der Waals surface area contributed by atoms with Crippen LogP contribution in [0.1, 0.15) is 37.3 Å². The van der Waals surface area contributed by atoms with Gasteiger partial charge < -0.3 is 15.3 Å². The van der Waals surface area contributed by atoms with E-state index < -0.39 is 5.97 Å². The van der Waals surface area contributed by atoms with Crippen LogP contribution < -0.4 is 0 Å². The van der Waals surface area contributed by atoms with Gasteiger partial charge in [0.05, 0.1) is 6.42 Å². The van der Waals surface area contributed by atoms with Crippen LogP contribution in [-0.4, -0.2) is 28.4 Å². The number of aliphatic hydroxyl groups excluding tert-OH is 1. The van der Waals surface area contributed by atoms with E-state index in [1.165, 1.54) is 6.07 Å². The summed E-state index contributed by atoms with van der Waals surface area (Å²) in [4.78, 5) is 10.6. The second-order valence-electron chi connectivity index (χ2n) is 4.04. The van der Waals surface area contributed by atoms with Crippen molar-refractivity contribution in [1.29, 1.82) is 0 Å². The predicted octanol–water partition coefficient (Wildman–Crippen LogP) is 2.36. The smallest absolute Gasteiger partial charge is 0.307 e. The van der Waals surface area contributed by atoms with Crippen molar-refractivity contribution in [3.63, 3.8) is 0 Å². The maximum atomic E-state index is 10.6. The van der Waals surface area contributed by atoms with Gasteiger partial charge in [-0.2, -0.15) is 0 Å². The Morgan fingerprint density at radius 2 is 1.72 bits per heavy atom. The minimum Gasteiger partial charge on any atom is -0.508 e. The quantitative estimate of drug-likeness (QED) is 0.681. The van der Waals surface area contributed by atoms with Gasteiger partial charge in [0.15, 0.2) is 0 Å². The van der Waals surface area contributed by atoms with E-state index in [1.807, 2.05) is 6.07 Å². The maximum absolute atomic E-state index is 10.6. The molecule has 0 saturated heterocycles. The number of phenolic OH excluding ortho intramolecular Hbond substituents is 1. The summed E-state index contributed by atoms with van der Waals surface area (Å²) in [6.07, 6.45) is 4.25. The van der Waals surface area contributed by atoms with Gasteiger partial charge in [-0.15, -0.1) is 0 Å². The van der Waals surface area contributed by atoms with E-state index in [0.717, 1.165) is 38.4 Å². The molecule has 3 N–H and O–H groups in total. The molecule has 1 aromatic rings.